The Morgan fingerprint density at radius 1 is 0.857 bits per heavy atom. The van der Waals surface area contributed by atoms with Crippen molar-refractivity contribution in [2.75, 3.05) is 31.4 Å². The summed E-state index contributed by atoms with van der Waals surface area (Å²) >= 11 is 0. The average Bonchev–Trinajstić information content (AvgIpc) is 3.35. The summed E-state index contributed by atoms with van der Waals surface area (Å²) in [6.07, 6.45) is 12.3. The quantitative estimate of drug-likeness (QED) is 0.329. The summed E-state index contributed by atoms with van der Waals surface area (Å²) in [5, 5.41) is 10.7. The zero-order chi connectivity index (χ0) is 29.9. The minimum Gasteiger partial charge on any atom is -0.497 e. The smallest absolute Gasteiger partial charge is 0.323 e. The van der Waals surface area contributed by atoms with Crippen LogP contribution in [0.15, 0.2) is 102 Å². The van der Waals surface area contributed by atoms with Crippen LogP contribution >= 0.6 is 0 Å². The summed E-state index contributed by atoms with van der Waals surface area (Å²) in [6.45, 7) is 8.46. The van der Waals surface area contributed by atoms with Crippen LogP contribution < -0.4 is 26.6 Å². The zero-order valence-electron chi connectivity index (χ0n) is 24.3. The first kappa shape index (κ1) is 29.7. The number of H-pyrrole nitrogens is 1. The Morgan fingerprint density at radius 3 is 2.14 bits per heavy atom. The fourth-order valence-electron chi connectivity index (χ4n) is 4.17. The highest BCUT2D eigenvalue weighted by Gasteiger charge is 2.09. The van der Waals surface area contributed by atoms with Gasteiger partial charge in [0.1, 0.15) is 23.2 Å². The number of aliphatic imine (C=N–C) groups is 1. The molecule has 0 spiro atoms. The molecule has 0 saturated carbocycles. The van der Waals surface area contributed by atoms with Crippen LogP contribution in [-0.2, 0) is 9.47 Å². The number of aromatic nitrogens is 2. The van der Waals surface area contributed by atoms with Crippen molar-refractivity contribution in [3.05, 3.63) is 113 Å². The average molecular weight is 565 g/mol. The van der Waals surface area contributed by atoms with Crippen molar-refractivity contribution < 1.29 is 14.3 Å². The first-order valence-corrected chi connectivity index (χ1v) is 13.7. The number of carbonyl (C=O) groups excluding carboxylic acids is 1. The van der Waals surface area contributed by atoms with Crippen LogP contribution in [0.4, 0.5) is 16.2 Å². The van der Waals surface area contributed by atoms with Gasteiger partial charge < -0.3 is 30.4 Å². The number of nitrogens with one attached hydrogen (secondary N) is 4. The lowest BCUT2D eigenvalue weighted by Crippen LogP contribution is -2.23. The van der Waals surface area contributed by atoms with Crippen molar-refractivity contribution in [1.82, 2.24) is 15.3 Å². The number of urea groups is 1. The molecule has 3 aromatic rings. The third kappa shape index (κ3) is 7.66. The van der Waals surface area contributed by atoms with Crippen LogP contribution in [0.3, 0.4) is 0 Å². The van der Waals surface area contributed by atoms with E-state index in [4.69, 9.17) is 14.5 Å². The third-order valence-corrected chi connectivity index (χ3v) is 6.25. The molecule has 0 unspecified atom stereocenters. The lowest BCUT2D eigenvalue weighted by molar-refractivity contribution is 0.262. The SMILES string of the molecule is C=C1/C=C\C(OC)=C/CN=C(c2ccc(NC(=O)Nc3ccc(-c4nc5c([nH]4)=CC(OC)=CCC=5)cc3)cc2)N1.CC. The van der Waals surface area contributed by atoms with Crippen molar-refractivity contribution in [3.63, 3.8) is 0 Å². The first-order valence-electron chi connectivity index (χ1n) is 13.7. The summed E-state index contributed by atoms with van der Waals surface area (Å²) in [7, 11) is 3.27. The van der Waals surface area contributed by atoms with Crippen molar-refractivity contribution in [1.29, 1.82) is 0 Å². The Morgan fingerprint density at radius 2 is 1.50 bits per heavy atom. The van der Waals surface area contributed by atoms with Crippen LogP contribution in [0, 0.1) is 0 Å². The number of fused-ring (bicyclic) bond motifs is 1. The van der Waals surface area contributed by atoms with Crippen molar-refractivity contribution in [3.8, 4) is 11.4 Å². The van der Waals surface area contributed by atoms with E-state index in [1.54, 1.807) is 14.2 Å². The molecule has 0 bridgehead atoms. The maximum Gasteiger partial charge on any atom is 0.323 e. The highest BCUT2D eigenvalue weighted by Crippen LogP contribution is 2.18. The summed E-state index contributed by atoms with van der Waals surface area (Å²) < 4.78 is 10.7. The molecule has 9 heteroatoms. The number of anilines is 2. The van der Waals surface area contributed by atoms with Gasteiger partial charge in [0.05, 0.1) is 31.5 Å². The second-order valence-corrected chi connectivity index (χ2v) is 9.00. The minimum atomic E-state index is -0.345. The number of allylic oxidation sites excluding steroid dienone is 4. The Hall–Kier alpha value is -5.31. The van der Waals surface area contributed by atoms with E-state index in [1.165, 1.54) is 0 Å². The zero-order valence-corrected chi connectivity index (χ0v) is 24.3. The van der Waals surface area contributed by atoms with Crippen LogP contribution in [0.1, 0.15) is 25.8 Å². The molecule has 9 nitrogen and oxygen atoms in total. The van der Waals surface area contributed by atoms with E-state index in [-0.39, 0.29) is 6.03 Å². The maximum atomic E-state index is 12.6. The summed E-state index contributed by atoms with van der Waals surface area (Å²) in [5.74, 6) is 2.95. The van der Waals surface area contributed by atoms with Gasteiger partial charge >= 0.3 is 6.03 Å². The van der Waals surface area contributed by atoms with E-state index in [0.717, 1.165) is 45.6 Å². The molecule has 2 aliphatic rings. The highest BCUT2D eigenvalue weighted by atomic mass is 16.5. The molecule has 1 aliphatic heterocycles. The monoisotopic (exact) mass is 564 g/mol. The fraction of sp³-hybridized carbons (Fsp3) is 0.182. The van der Waals surface area contributed by atoms with E-state index < -0.39 is 0 Å². The van der Waals surface area contributed by atoms with E-state index in [0.29, 0.717) is 29.5 Å². The lowest BCUT2D eigenvalue weighted by atomic mass is 10.1. The van der Waals surface area contributed by atoms with E-state index in [2.05, 4.69) is 38.6 Å². The largest absolute Gasteiger partial charge is 0.497 e. The Balaban J connectivity index is 0.00000198. The molecule has 0 radical (unpaired) electrons. The van der Waals surface area contributed by atoms with Gasteiger partial charge in [0.2, 0.25) is 0 Å². The van der Waals surface area contributed by atoms with Gasteiger partial charge in [-0.1, -0.05) is 26.5 Å². The first-order chi connectivity index (χ1) is 20.5. The molecule has 1 aromatic heterocycles. The number of imidazole rings is 1. The van der Waals surface area contributed by atoms with E-state index >= 15 is 0 Å². The standard InChI is InChI=1S/C31H30N6O3.C2H6/c1-20-7-16-25(39-2)17-18-32-29(33-20)21-8-12-23(13-9-21)34-31(38)35-24-14-10-22(11-15-24)30-36-27-6-4-5-26(40-3)19-28(27)37-30;1-2/h5-17,19H,1,4,18H2,2-3H3,(H,32,33)(H,36,37)(H2,34,35,38);1-2H3/b16-7-,25-17+;. The van der Waals surface area contributed by atoms with Gasteiger partial charge in [-0.15, -0.1) is 0 Å². The number of nitrogens with zero attached hydrogens (tertiary/aromatic N) is 2. The predicted octanol–water partition coefficient (Wildman–Crippen LogP) is 5.19. The lowest BCUT2D eigenvalue weighted by Gasteiger charge is -2.11. The predicted molar refractivity (Wildman–Crippen MR) is 170 cm³/mol. The van der Waals surface area contributed by atoms with Gasteiger partial charge in [-0.2, -0.15) is 0 Å². The number of carbonyl (C=O) groups is 1. The number of amides is 2. The number of methoxy groups -OCH3 is 2. The van der Waals surface area contributed by atoms with Gasteiger partial charge in [-0.3, -0.25) is 4.99 Å². The molecule has 216 valence electrons. The summed E-state index contributed by atoms with van der Waals surface area (Å²) in [5.41, 5.74) is 3.77. The molecule has 42 heavy (non-hydrogen) atoms. The summed E-state index contributed by atoms with van der Waals surface area (Å²) in [6, 6.07) is 14.6. The second kappa shape index (κ2) is 14.4. The second-order valence-electron chi connectivity index (χ2n) is 9.00. The molecule has 5 rings (SSSR count). The minimum absolute atomic E-state index is 0.345. The van der Waals surface area contributed by atoms with Gasteiger partial charge in [0.15, 0.2) is 0 Å². The molecule has 2 heterocycles. The molecule has 2 amide bonds. The molecule has 2 aromatic carbocycles. The molecule has 0 atom stereocenters. The molecule has 1 aliphatic carbocycles. The van der Waals surface area contributed by atoms with Crippen molar-refractivity contribution >= 4 is 35.4 Å². The number of amidine groups is 1. The van der Waals surface area contributed by atoms with Crippen LogP contribution in [-0.4, -0.2) is 42.6 Å². The maximum absolute atomic E-state index is 12.6. The van der Waals surface area contributed by atoms with Crippen molar-refractivity contribution in [2.24, 2.45) is 4.99 Å². The number of hydrogen-bond acceptors (Lipinski definition) is 6. The molecule has 0 saturated heterocycles. The van der Waals surface area contributed by atoms with Crippen molar-refractivity contribution in [2.45, 2.75) is 20.3 Å². The van der Waals surface area contributed by atoms with Gasteiger partial charge in [0.25, 0.3) is 0 Å². The van der Waals surface area contributed by atoms with Crippen LogP contribution in [0.5, 0.6) is 0 Å². The Kier molecular flexibility index (Phi) is 10.1. The highest BCUT2D eigenvalue weighted by molar-refractivity contribution is 6.02. The number of aromatic amines is 1. The third-order valence-electron chi connectivity index (χ3n) is 6.25. The van der Waals surface area contributed by atoms with Gasteiger partial charge in [-0.05, 0) is 79.3 Å². The number of ether oxygens (including phenoxy) is 2. The molecule has 0 fully saturated rings. The fourth-order valence-corrected chi connectivity index (χ4v) is 4.17. The normalized spacial score (nSPS) is 16.1. The van der Waals surface area contributed by atoms with E-state index in [9.17, 15) is 4.79 Å². The van der Waals surface area contributed by atoms with Crippen LogP contribution in [0.2, 0.25) is 0 Å². The topological polar surface area (TPSA) is 113 Å². The van der Waals surface area contributed by atoms with Gasteiger partial charge in [-0.25, -0.2) is 9.78 Å². The number of hydrogen-bond donors (Lipinski definition) is 4. The number of benzene rings is 2. The Bertz CT molecular complexity index is 1660. The Labute approximate surface area is 245 Å². The molecular weight excluding hydrogens is 528 g/mol. The number of rotatable bonds is 6. The van der Waals surface area contributed by atoms with Gasteiger partial charge in [0, 0.05) is 34.3 Å². The summed E-state index contributed by atoms with van der Waals surface area (Å²) in [4.78, 5) is 25.3. The van der Waals surface area contributed by atoms with E-state index in [1.807, 2.05) is 92.8 Å². The molecular formula is C33H36N6O3. The molecule has 4 N–H and O–H groups in total. The van der Waals surface area contributed by atoms with Crippen LogP contribution in [0.25, 0.3) is 23.5 Å².